The number of hydrogen-bond acceptors (Lipinski definition) is 2. The Morgan fingerprint density at radius 3 is 0.833 bits per heavy atom. The summed E-state index contributed by atoms with van der Waals surface area (Å²) in [5.74, 6) is 0. The Balaban J connectivity index is 2.18. The molecule has 2 nitrogen and oxygen atoms in total. The molecule has 1 heterocycles. The summed E-state index contributed by atoms with van der Waals surface area (Å²) in [6, 6.07) is 0. The number of unbranched alkanes of at least 4 members (excludes halogenated alkanes) is 28. The van der Waals surface area contributed by atoms with E-state index in [1.807, 2.05) is 0 Å². The molecule has 0 bridgehead atoms. The fourth-order valence-corrected chi connectivity index (χ4v) is 6.89. The monoisotopic (exact) mass is 589 g/mol. The quantitative estimate of drug-likeness (QED) is 0.0690. The predicted molar refractivity (Wildman–Crippen MR) is 191 cm³/mol. The fraction of sp³-hybridized carbons (Fsp3) is 0.950. The highest BCUT2D eigenvalue weighted by Crippen LogP contribution is 2.24. The van der Waals surface area contributed by atoms with Crippen LogP contribution < -0.4 is 0 Å². The lowest BCUT2D eigenvalue weighted by atomic mass is 10.0. The highest BCUT2D eigenvalue weighted by atomic mass is 15.4. The molecule has 0 spiro atoms. The minimum absolute atomic E-state index is 0.640. The van der Waals surface area contributed by atoms with Crippen LogP contribution in [0.3, 0.4) is 0 Å². The lowest BCUT2D eigenvalue weighted by Gasteiger charge is -2.33. The van der Waals surface area contributed by atoms with Crippen molar-refractivity contribution in [2.45, 2.75) is 232 Å². The number of rotatable bonds is 34. The van der Waals surface area contributed by atoms with Crippen LogP contribution in [0.1, 0.15) is 226 Å². The topological polar surface area (TPSA) is 6.48 Å². The molecule has 2 heteroatoms. The van der Waals surface area contributed by atoms with E-state index < -0.39 is 0 Å². The van der Waals surface area contributed by atoms with Crippen LogP contribution in [0.2, 0.25) is 0 Å². The summed E-state index contributed by atoms with van der Waals surface area (Å²) in [4.78, 5) is 5.43. The van der Waals surface area contributed by atoms with Crippen LogP contribution in [0.25, 0.3) is 0 Å². The third kappa shape index (κ3) is 23.8. The van der Waals surface area contributed by atoms with Crippen LogP contribution in [0.15, 0.2) is 12.4 Å². The van der Waals surface area contributed by atoms with Gasteiger partial charge in [0, 0.05) is 25.5 Å². The van der Waals surface area contributed by atoms with Gasteiger partial charge in [-0.15, -0.1) is 0 Å². The minimum Gasteiger partial charge on any atom is -0.356 e. The summed E-state index contributed by atoms with van der Waals surface area (Å²) in [5.41, 5.74) is 0. The fourth-order valence-electron chi connectivity index (χ4n) is 6.89. The maximum absolute atomic E-state index is 2.72. The van der Waals surface area contributed by atoms with Gasteiger partial charge in [-0.25, -0.2) is 0 Å². The van der Waals surface area contributed by atoms with Crippen LogP contribution in [-0.4, -0.2) is 29.1 Å². The zero-order chi connectivity index (χ0) is 30.2. The Bertz CT molecular complexity index is 544. The van der Waals surface area contributed by atoms with E-state index in [4.69, 9.17) is 0 Å². The molecule has 0 aromatic heterocycles. The predicted octanol–water partition coefficient (Wildman–Crippen LogP) is 13.9. The van der Waals surface area contributed by atoms with E-state index in [0.29, 0.717) is 6.17 Å². The van der Waals surface area contributed by atoms with Gasteiger partial charge in [0.2, 0.25) is 0 Å². The molecule has 1 atom stereocenters. The van der Waals surface area contributed by atoms with E-state index in [-0.39, 0.29) is 0 Å². The summed E-state index contributed by atoms with van der Waals surface area (Å²) in [7, 11) is 0. The van der Waals surface area contributed by atoms with E-state index in [9.17, 15) is 0 Å². The van der Waals surface area contributed by atoms with Crippen molar-refractivity contribution in [2.24, 2.45) is 0 Å². The molecule has 1 aliphatic heterocycles. The van der Waals surface area contributed by atoms with Gasteiger partial charge < -0.3 is 9.80 Å². The van der Waals surface area contributed by atoms with E-state index in [2.05, 4.69) is 43.0 Å². The maximum Gasteiger partial charge on any atom is 0.101 e. The van der Waals surface area contributed by atoms with Gasteiger partial charge in [0.1, 0.15) is 6.17 Å². The summed E-state index contributed by atoms with van der Waals surface area (Å²) in [5, 5.41) is 0. The van der Waals surface area contributed by atoms with Gasteiger partial charge in [0.05, 0.1) is 0 Å². The van der Waals surface area contributed by atoms with Crippen LogP contribution in [0.4, 0.5) is 0 Å². The smallest absolute Gasteiger partial charge is 0.101 e. The van der Waals surface area contributed by atoms with Crippen molar-refractivity contribution in [3.8, 4) is 0 Å². The summed E-state index contributed by atoms with van der Waals surface area (Å²) >= 11 is 0. The highest BCUT2D eigenvalue weighted by molar-refractivity contribution is 4.97. The van der Waals surface area contributed by atoms with Crippen molar-refractivity contribution in [1.29, 1.82) is 0 Å². The Labute approximate surface area is 267 Å². The molecule has 0 saturated heterocycles. The van der Waals surface area contributed by atoms with Gasteiger partial charge in [0.15, 0.2) is 0 Å². The second kappa shape index (κ2) is 31.8. The molecule has 0 aromatic rings. The van der Waals surface area contributed by atoms with Crippen molar-refractivity contribution >= 4 is 0 Å². The highest BCUT2D eigenvalue weighted by Gasteiger charge is 2.24. The van der Waals surface area contributed by atoms with Crippen molar-refractivity contribution in [3.05, 3.63) is 12.4 Å². The molecule has 42 heavy (non-hydrogen) atoms. The summed E-state index contributed by atoms with van der Waals surface area (Å²) in [6.07, 6.45) is 51.4. The van der Waals surface area contributed by atoms with Gasteiger partial charge in [-0.05, 0) is 25.7 Å². The van der Waals surface area contributed by atoms with E-state index in [1.54, 1.807) is 0 Å². The lowest BCUT2D eigenvalue weighted by molar-refractivity contribution is 0.135. The Kier molecular flexibility index (Phi) is 29.8. The molecular weight excluding hydrogens is 508 g/mol. The average molecular weight is 589 g/mol. The maximum atomic E-state index is 2.72. The van der Waals surface area contributed by atoms with E-state index >= 15 is 0 Å². The number of hydrogen-bond donors (Lipinski definition) is 0. The van der Waals surface area contributed by atoms with Crippen LogP contribution >= 0.6 is 0 Å². The number of nitrogens with zero attached hydrogens (tertiary/aromatic N) is 2. The van der Waals surface area contributed by atoms with E-state index in [1.165, 1.54) is 219 Å². The third-order valence-corrected chi connectivity index (χ3v) is 9.82. The first-order valence-electron chi connectivity index (χ1n) is 20.0. The second-order valence-electron chi connectivity index (χ2n) is 13.9. The molecule has 1 rings (SSSR count). The largest absolute Gasteiger partial charge is 0.356 e. The van der Waals surface area contributed by atoms with Gasteiger partial charge in [-0.1, -0.05) is 201 Å². The second-order valence-corrected chi connectivity index (χ2v) is 13.9. The van der Waals surface area contributed by atoms with Gasteiger partial charge in [0.25, 0.3) is 0 Å². The van der Waals surface area contributed by atoms with Gasteiger partial charge >= 0.3 is 0 Å². The van der Waals surface area contributed by atoms with Crippen LogP contribution in [0, 0.1) is 0 Å². The lowest BCUT2D eigenvalue weighted by Crippen LogP contribution is -2.39. The van der Waals surface area contributed by atoms with Crippen molar-refractivity contribution in [1.82, 2.24) is 9.80 Å². The first-order chi connectivity index (χ1) is 20.8. The molecular formula is C40H80N2. The average Bonchev–Trinajstić information content (AvgIpc) is 3.38. The molecule has 1 aliphatic rings. The van der Waals surface area contributed by atoms with E-state index in [0.717, 1.165) is 0 Å². The van der Waals surface area contributed by atoms with Crippen molar-refractivity contribution in [3.63, 3.8) is 0 Å². The SMILES string of the molecule is CCCCCCCCCCCCCCCN1C=CN(CCCCCCCC)C1CCCCCCCCCCCCCC. The molecule has 0 saturated carbocycles. The normalized spacial score (nSPS) is 15.0. The van der Waals surface area contributed by atoms with Crippen molar-refractivity contribution < 1.29 is 0 Å². The zero-order valence-corrected chi connectivity index (χ0v) is 29.7. The molecule has 250 valence electrons. The third-order valence-electron chi connectivity index (χ3n) is 9.82. The molecule has 0 radical (unpaired) electrons. The zero-order valence-electron chi connectivity index (χ0n) is 29.7. The standard InChI is InChI=1S/C40H80N2/c1-4-7-10-13-16-18-20-22-24-26-28-31-34-37-42-39-38-41(36-33-30-15-12-9-6-3)40(42)35-32-29-27-25-23-21-19-17-14-11-8-5-2/h38-40H,4-37H2,1-3H3. The first-order valence-corrected chi connectivity index (χ1v) is 20.0. The Morgan fingerprint density at radius 1 is 0.310 bits per heavy atom. The Morgan fingerprint density at radius 2 is 0.548 bits per heavy atom. The van der Waals surface area contributed by atoms with Gasteiger partial charge in [-0.2, -0.15) is 0 Å². The molecule has 0 N–H and O–H groups in total. The molecule has 0 aliphatic carbocycles. The van der Waals surface area contributed by atoms with Crippen LogP contribution in [-0.2, 0) is 0 Å². The Hall–Kier alpha value is -0.660. The molecule has 1 unspecified atom stereocenters. The summed E-state index contributed by atoms with van der Waals surface area (Å²) in [6.45, 7) is 9.48. The summed E-state index contributed by atoms with van der Waals surface area (Å²) < 4.78 is 0. The molecule has 0 fully saturated rings. The van der Waals surface area contributed by atoms with Crippen molar-refractivity contribution in [2.75, 3.05) is 13.1 Å². The van der Waals surface area contributed by atoms with Crippen LogP contribution in [0.5, 0.6) is 0 Å². The van der Waals surface area contributed by atoms with Gasteiger partial charge in [-0.3, -0.25) is 0 Å². The molecule has 0 aromatic carbocycles. The molecule has 0 amide bonds. The first kappa shape index (κ1) is 39.4. The minimum atomic E-state index is 0.640.